The van der Waals surface area contributed by atoms with Gasteiger partial charge < -0.3 is 9.80 Å². The summed E-state index contributed by atoms with van der Waals surface area (Å²) in [5.74, 6) is -0.663. The third-order valence-electron chi connectivity index (χ3n) is 21.1. The molecule has 0 N–H and O–H groups in total. The molecule has 0 saturated carbocycles. The van der Waals surface area contributed by atoms with Gasteiger partial charge in [-0.1, -0.05) is 267 Å². The molecule has 0 fully saturated rings. The zero-order valence-electron chi connectivity index (χ0n) is 50.8. The highest BCUT2D eigenvalue weighted by Gasteiger charge is 2.54. The predicted molar refractivity (Wildman–Crippen MR) is 383 cm³/mol. The van der Waals surface area contributed by atoms with E-state index in [1.165, 1.54) is 66.8 Å². The highest BCUT2D eigenvalue weighted by Crippen LogP contribution is 2.67. The van der Waals surface area contributed by atoms with Gasteiger partial charge in [-0.2, -0.15) is 0 Å². The fraction of sp³-hybridized carbons (Fsp3) is 0.0222. The number of benzene rings is 16. The van der Waals surface area contributed by atoms with E-state index in [0.717, 1.165) is 99.6 Å². The second-order valence-corrected chi connectivity index (χ2v) is 25.6. The van der Waals surface area contributed by atoms with E-state index in [9.17, 15) is 0 Å². The predicted octanol–water partition coefficient (Wildman–Crippen LogP) is 23.8. The van der Waals surface area contributed by atoms with Crippen molar-refractivity contribution < 1.29 is 8.78 Å². The van der Waals surface area contributed by atoms with Crippen LogP contribution in [0.25, 0.3) is 99.1 Å². The number of halogens is 2. The van der Waals surface area contributed by atoms with Crippen LogP contribution in [0, 0.1) is 11.6 Å². The molecule has 0 radical (unpaired) electrons. The first-order valence-electron chi connectivity index (χ1n) is 32.3. The zero-order chi connectivity index (χ0) is 62.0. The highest BCUT2D eigenvalue weighted by atomic mass is 19.1. The molecular weight excluding hydrogens is 1150 g/mol. The fourth-order valence-corrected chi connectivity index (χ4v) is 17.6. The summed E-state index contributed by atoms with van der Waals surface area (Å²) in [5, 5.41) is 6.30. The van der Waals surface area contributed by atoms with Gasteiger partial charge in [-0.05, 0) is 182 Å². The van der Waals surface area contributed by atoms with Gasteiger partial charge in [0.2, 0.25) is 0 Å². The first-order valence-corrected chi connectivity index (χ1v) is 32.3. The Morgan fingerprint density at radius 3 is 0.904 bits per heavy atom. The summed E-state index contributed by atoms with van der Waals surface area (Å²) in [7, 11) is 0. The lowest BCUT2D eigenvalue weighted by atomic mass is 9.70. The summed E-state index contributed by atoms with van der Waals surface area (Å²) in [4.78, 5) is 4.65. The van der Waals surface area contributed by atoms with Crippen LogP contribution >= 0.6 is 0 Å². The van der Waals surface area contributed by atoms with Crippen LogP contribution in [0.2, 0.25) is 0 Å². The minimum absolute atomic E-state index is 0.332. The Morgan fingerprint density at radius 2 is 0.532 bits per heavy atom. The summed E-state index contributed by atoms with van der Waals surface area (Å²) in [5.41, 5.74) is 26.5. The molecule has 4 aliphatic rings. The number of hydrogen-bond acceptors (Lipinski definition) is 2. The average Bonchev–Trinajstić information content (AvgIpc) is 1.51. The van der Waals surface area contributed by atoms with Gasteiger partial charge in [0, 0.05) is 33.3 Å². The maximum atomic E-state index is 17.1. The van der Waals surface area contributed by atoms with E-state index in [-0.39, 0.29) is 11.6 Å². The summed E-state index contributed by atoms with van der Waals surface area (Å²) in [6.45, 7) is 0. The molecule has 0 atom stereocenters. The second kappa shape index (κ2) is 19.8. The van der Waals surface area contributed by atoms with Gasteiger partial charge >= 0.3 is 0 Å². The molecule has 94 heavy (non-hydrogen) atoms. The van der Waals surface area contributed by atoms with E-state index >= 15 is 8.78 Å². The van der Waals surface area contributed by atoms with Crippen LogP contribution in [0.15, 0.2) is 328 Å². The van der Waals surface area contributed by atoms with Crippen molar-refractivity contribution in [3.8, 4) is 66.8 Å². The molecule has 20 rings (SSSR count). The largest absolute Gasteiger partial charge is 0.309 e. The Kier molecular flexibility index (Phi) is 11.1. The molecule has 4 heteroatoms. The minimum atomic E-state index is -0.611. The number of fused-ring (bicyclic) bond motifs is 20. The number of anilines is 6. The second-order valence-electron chi connectivity index (χ2n) is 25.6. The lowest BCUT2D eigenvalue weighted by molar-refractivity contribution is 0.628. The molecule has 4 aliphatic carbocycles. The standard InChI is InChI=1S/C90H54F2N2/c91-61-49-59(55-21-3-1-4-22-55)51-63(53-61)93(83-39-19-37-79-87(83)69-29-11-17-35-77(69)89(79)73-31-13-7-25-65(73)66-26-8-14-32-74(66)89)81-47-43-57-42-46-72-82(48-44-58-41-45-71(81)85(57)86(58)72)94(64-52-60(50-62(92)54-64)56-23-5-2-6-24-56)84-40-20-38-80-88(84)70-30-12-18-36-78(70)90(80)75-33-15-9-27-67(75)68-28-10-16-34-76(68)90/h1-54H. The van der Waals surface area contributed by atoms with Crippen molar-refractivity contribution in [2.24, 2.45) is 0 Å². The van der Waals surface area contributed by atoms with E-state index in [1.54, 1.807) is 24.3 Å². The lowest BCUT2D eigenvalue weighted by Gasteiger charge is -2.33. The van der Waals surface area contributed by atoms with Crippen molar-refractivity contribution >= 4 is 66.4 Å². The normalized spacial score (nSPS) is 13.6. The highest BCUT2D eigenvalue weighted by molar-refractivity contribution is 6.28. The lowest BCUT2D eigenvalue weighted by Crippen LogP contribution is -2.26. The third-order valence-corrected chi connectivity index (χ3v) is 21.1. The van der Waals surface area contributed by atoms with E-state index in [1.807, 2.05) is 36.4 Å². The molecule has 16 aromatic rings. The number of nitrogens with zero attached hydrogens (tertiary/aromatic N) is 2. The molecule has 0 bridgehead atoms. The van der Waals surface area contributed by atoms with Crippen LogP contribution in [0.5, 0.6) is 0 Å². The van der Waals surface area contributed by atoms with Gasteiger partial charge in [-0.25, -0.2) is 8.78 Å². The SMILES string of the molecule is Fc1cc(-c2ccccc2)cc(N(c2cccc3c2-c2ccccc2C32c3ccccc3-c3ccccc32)c2ccc3ccc4c(N(c5cc(F)cc(-c6ccccc6)c5)c5cccc6c5-c5ccccc5C65c6ccccc6-c6ccccc65)ccc5ccc2c3c54)c1. The third kappa shape index (κ3) is 7.06. The topological polar surface area (TPSA) is 6.48 Å². The summed E-state index contributed by atoms with van der Waals surface area (Å²) < 4.78 is 34.2. The van der Waals surface area contributed by atoms with Crippen molar-refractivity contribution in [2.75, 3.05) is 9.80 Å². The smallest absolute Gasteiger partial charge is 0.125 e. The van der Waals surface area contributed by atoms with Gasteiger partial charge in [0.1, 0.15) is 11.6 Å². The molecule has 0 aromatic heterocycles. The molecule has 0 unspecified atom stereocenters. The molecule has 0 aliphatic heterocycles. The quantitative estimate of drug-likeness (QED) is 0.140. The fourth-order valence-electron chi connectivity index (χ4n) is 17.6. The first-order chi connectivity index (χ1) is 46.5. The van der Waals surface area contributed by atoms with Crippen LogP contribution in [-0.2, 0) is 10.8 Å². The number of rotatable bonds is 8. The van der Waals surface area contributed by atoms with Crippen molar-refractivity contribution in [3.63, 3.8) is 0 Å². The maximum Gasteiger partial charge on any atom is 0.125 e. The first kappa shape index (κ1) is 52.8. The summed E-state index contributed by atoms with van der Waals surface area (Å²) >= 11 is 0. The van der Waals surface area contributed by atoms with Gasteiger partial charge in [-0.15, -0.1) is 0 Å². The van der Waals surface area contributed by atoms with Crippen LogP contribution in [0.1, 0.15) is 44.5 Å². The molecular formula is C90H54F2N2. The van der Waals surface area contributed by atoms with Gasteiger partial charge in [-0.3, -0.25) is 0 Å². The number of hydrogen-bond donors (Lipinski definition) is 0. The van der Waals surface area contributed by atoms with Crippen molar-refractivity contribution in [2.45, 2.75) is 10.8 Å². The average molecular weight is 1200 g/mol. The van der Waals surface area contributed by atoms with Gasteiger partial charge in [0.25, 0.3) is 0 Å². The van der Waals surface area contributed by atoms with E-state index in [4.69, 9.17) is 0 Å². The van der Waals surface area contributed by atoms with Crippen LogP contribution in [0.3, 0.4) is 0 Å². The van der Waals surface area contributed by atoms with Crippen molar-refractivity contribution in [3.05, 3.63) is 384 Å². The molecule has 438 valence electrons. The Hall–Kier alpha value is -12.0. The minimum Gasteiger partial charge on any atom is -0.309 e. The molecule has 2 nitrogen and oxygen atoms in total. The molecule has 0 heterocycles. The monoisotopic (exact) mass is 1200 g/mol. The van der Waals surface area contributed by atoms with Crippen molar-refractivity contribution in [1.29, 1.82) is 0 Å². The van der Waals surface area contributed by atoms with Gasteiger partial charge in [0.05, 0.1) is 33.6 Å². The zero-order valence-corrected chi connectivity index (χ0v) is 50.8. The Bertz CT molecular complexity index is 5420. The Labute approximate surface area is 543 Å². The Balaban J connectivity index is 0.858. The van der Waals surface area contributed by atoms with Crippen LogP contribution in [0.4, 0.5) is 42.9 Å². The van der Waals surface area contributed by atoms with E-state index < -0.39 is 10.8 Å². The molecule has 0 saturated heterocycles. The van der Waals surface area contributed by atoms with Crippen LogP contribution < -0.4 is 9.80 Å². The molecule has 0 amide bonds. The molecule has 16 aromatic carbocycles. The van der Waals surface area contributed by atoms with E-state index in [0.29, 0.717) is 11.4 Å². The van der Waals surface area contributed by atoms with Crippen molar-refractivity contribution in [1.82, 2.24) is 0 Å². The van der Waals surface area contributed by atoms with Gasteiger partial charge in [0.15, 0.2) is 0 Å². The summed E-state index contributed by atoms with van der Waals surface area (Å²) in [6.07, 6.45) is 0. The van der Waals surface area contributed by atoms with Crippen LogP contribution in [-0.4, -0.2) is 0 Å². The van der Waals surface area contributed by atoms with E-state index in [2.05, 4.69) is 277 Å². The maximum absolute atomic E-state index is 17.1. The molecule has 2 spiro atoms. The Morgan fingerprint density at radius 1 is 0.223 bits per heavy atom. The summed E-state index contributed by atoms with van der Waals surface area (Å²) in [6, 6.07) is 116.